The van der Waals surface area contributed by atoms with Gasteiger partial charge in [-0.15, -0.1) is 0 Å². The van der Waals surface area contributed by atoms with Crippen molar-refractivity contribution in [2.45, 2.75) is 45.8 Å². The molecular weight excluding hydrogens is 275 g/mol. The molecule has 2 aromatic rings. The molecular formula is C14H19FN4O2. The Hall–Kier alpha value is -1.76. The molecule has 0 amide bonds. The van der Waals surface area contributed by atoms with Crippen LogP contribution in [0.25, 0.3) is 0 Å². The minimum Gasteiger partial charge on any atom is -0.361 e. The summed E-state index contributed by atoms with van der Waals surface area (Å²) in [5.74, 6) is 1.34. The molecule has 6 nitrogen and oxygen atoms in total. The number of alkyl halides is 1. The van der Waals surface area contributed by atoms with Gasteiger partial charge in [0, 0.05) is 18.7 Å². The zero-order valence-electron chi connectivity index (χ0n) is 12.5. The van der Waals surface area contributed by atoms with Gasteiger partial charge in [-0.2, -0.15) is 4.98 Å². The summed E-state index contributed by atoms with van der Waals surface area (Å²) in [4.78, 5) is 6.11. The van der Waals surface area contributed by atoms with Crippen LogP contribution < -0.4 is 0 Å². The highest BCUT2D eigenvalue weighted by atomic mass is 19.1. The highest BCUT2D eigenvalue weighted by Gasteiger charge is 2.42. The van der Waals surface area contributed by atoms with Gasteiger partial charge in [0.05, 0.1) is 5.69 Å². The molecule has 3 rings (SSSR count). The van der Waals surface area contributed by atoms with Crippen LogP contribution in [0.3, 0.4) is 0 Å². The average molecular weight is 294 g/mol. The van der Waals surface area contributed by atoms with Gasteiger partial charge in [0.1, 0.15) is 5.76 Å². The molecule has 0 aromatic carbocycles. The molecule has 0 bridgehead atoms. The van der Waals surface area contributed by atoms with E-state index in [1.54, 1.807) is 6.92 Å². The average Bonchev–Trinajstić information content (AvgIpc) is 3.00. The monoisotopic (exact) mass is 294 g/mol. The minimum atomic E-state index is -1.57. The van der Waals surface area contributed by atoms with Crippen molar-refractivity contribution in [1.82, 2.24) is 20.2 Å². The third-order valence-corrected chi connectivity index (χ3v) is 4.00. The molecule has 1 unspecified atom stereocenters. The van der Waals surface area contributed by atoms with Gasteiger partial charge in [-0.1, -0.05) is 10.3 Å². The van der Waals surface area contributed by atoms with Crippen LogP contribution in [0.5, 0.6) is 0 Å². The summed E-state index contributed by atoms with van der Waals surface area (Å²) < 4.78 is 25.3. The van der Waals surface area contributed by atoms with Crippen LogP contribution in [0, 0.1) is 20.8 Å². The number of hydrogen-bond acceptors (Lipinski definition) is 6. The summed E-state index contributed by atoms with van der Waals surface area (Å²) in [6.07, 6.45) is 1.16. The Morgan fingerprint density at radius 2 is 2.05 bits per heavy atom. The largest absolute Gasteiger partial charge is 0.361 e. The number of rotatable bonds is 3. The zero-order chi connectivity index (χ0) is 15.0. The Kier molecular flexibility index (Phi) is 3.52. The molecule has 1 saturated heterocycles. The third kappa shape index (κ3) is 2.70. The van der Waals surface area contributed by atoms with Crippen LogP contribution >= 0.6 is 0 Å². The standard InChI is InChI=1S/C14H19FN4O2/c1-9-12(10(2)20-17-9)7-19-6-4-5-14(15,8-19)13-16-11(3)18-21-13/h4-8H2,1-3H3. The molecule has 1 fully saturated rings. The molecule has 1 atom stereocenters. The van der Waals surface area contributed by atoms with Crippen molar-refractivity contribution >= 4 is 0 Å². The topological polar surface area (TPSA) is 68.2 Å². The van der Waals surface area contributed by atoms with Crippen LogP contribution in [0.4, 0.5) is 4.39 Å². The second-order valence-corrected chi connectivity index (χ2v) is 5.73. The van der Waals surface area contributed by atoms with E-state index in [1.165, 1.54) is 0 Å². The van der Waals surface area contributed by atoms with E-state index in [1.807, 2.05) is 13.8 Å². The van der Waals surface area contributed by atoms with Crippen LogP contribution in [-0.2, 0) is 12.2 Å². The molecule has 0 spiro atoms. The number of aryl methyl sites for hydroxylation is 3. The van der Waals surface area contributed by atoms with Crippen molar-refractivity contribution in [2.24, 2.45) is 0 Å². The van der Waals surface area contributed by atoms with Crippen LogP contribution in [0.1, 0.15) is 41.6 Å². The number of nitrogens with zero attached hydrogens (tertiary/aromatic N) is 4. The van der Waals surface area contributed by atoms with Gasteiger partial charge >= 0.3 is 0 Å². The maximum atomic E-state index is 15.1. The molecule has 0 N–H and O–H groups in total. The van der Waals surface area contributed by atoms with E-state index in [9.17, 15) is 0 Å². The van der Waals surface area contributed by atoms with E-state index in [0.29, 0.717) is 18.8 Å². The number of aromatic nitrogens is 3. The first-order valence-electron chi connectivity index (χ1n) is 7.12. The number of piperidine rings is 1. The SMILES string of the molecule is Cc1noc(C2(F)CCCN(Cc3c(C)noc3C)C2)n1. The van der Waals surface area contributed by atoms with E-state index in [0.717, 1.165) is 30.0 Å². The Bertz CT molecular complexity index is 619. The van der Waals surface area contributed by atoms with E-state index < -0.39 is 5.67 Å². The fourth-order valence-corrected chi connectivity index (χ4v) is 2.84. The highest BCUT2D eigenvalue weighted by molar-refractivity contribution is 5.20. The van der Waals surface area contributed by atoms with Crippen molar-refractivity contribution in [3.05, 3.63) is 28.7 Å². The maximum absolute atomic E-state index is 15.1. The van der Waals surface area contributed by atoms with Crippen LogP contribution in [0.15, 0.2) is 9.05 Å². The van der Waals surface area contributed by atoms with Gasteiger partial charge in [0.2, 0.25) is 5.67 Å². The first kappa shape index (κ1) is 14.2. The smallest absolute Gasteiger partial charge is 0.265 e. The highest BCUT2D eigenvalue weighted by Crippen LogP contribution is 2.35. The van der Waals surface area contributed by atoms with E-state index >= 15 is 4.39 Å². The molecule has 1 aliphatic heterocycles. The molecule has 21 heavy (non-hydrogen) atoms. The summed E-state index contributed by atoms with van der Waals surface area (Å²) in [7, 11) is 0. The predicted molar refractivity (Wildman–Crippen MR) is 72.3 cm³/mol. The minimum absolute atomic E-state index is 0.0865. The lowest BCUT2D eigenvalue weighted by atomic mass is 9.94. The Balaban J connectivity index is 1.77. The first-order chi connectivity index (χ1) is 9.98. The first-order valence-corrected chi connectivity index (χ1v) is 7.12. The molecule has 2 aromatic heterocycles. The van der Waals surface area contributed by atoms with Gasteiger partial charge in [0.15, 0.2) is 5.82 Å². The molecule has 0 radical (unpaired) electrons. The lowest BCUT2D eigenvalue weighted by Crippen LogP contribution is -2.43. The molecule has 7 heteroatoms. The zero-order valence-corrected chi connectivity index (χ0v) is 12.5. The molecule has 1 aliphatic rings. The van der Waals surface area contributed by atoms with Gasteiger partial charge in [0.25, 0.3) is 5.89 Å². The normalized spacial score (nSPS) is 23.6. The van der Waals surface area contributed by atoms with Crippen LogP contribution in [-0.4, -0.2) is 33.3 Å². The summed E-state index contributed by atoms with van der Waals surface area (Å²) in [6, 6.07) is 0. The van der Waals surface area contributed by atoms with Crippen molar-refractivity contribution in [2.75, 3.05) is 13.1 Å². The fraction of sp³-hybridized carbons (Fsp3) is 0.643. The number of likely N-dealkylation sites (tertiary alicyclic amines) is 1. The summed E-state index contributed by atoms with van der Waals surface area (Å²) >= 11 is 0. The summed E-state index contributed by atoms with van der Waals surface area (Å²) in [5.41, 5.74) is 0.315. The lowest BCUT2D eigenvalue weighted by Gasteiger charge is -2.34. The van der Waals surface area contributed by atoms with E-state index in [2.05, 4.69) is 20.2 Å². The lowest BCUT2D eigenvalue weighted by molar-refractivity contribution is 0.0122. The van der Waals surface area contributed by atoms with E-state index in [-0.39, 0.29) is 12.4 Å². The van der Waals surface area contributed by atoms with Gasteiger partial charge in [-0.05, 0) is 40.2 Å². The van der Waals surface area contributed by atoms with Gasteiger partial charge < -0.3 is 9.05 Å². The van der Waals surface area contributed by atoms with Crippen LogP contribution in [0.2, 0.25) is 0 Å². The Labute approximate surface area is 122 Å². The Morgan fingerprint density at radius 1 is 1.24 bits per heavy atom. The van der Waals surface area contributed by atoms with E-state index in [4.69, 9.17) is 9.05 Å². The number of hydrogen-bond donors (Lipinski definition) is 0. The molecule has 0 saturated carbocycles. The van der Waals surface area contributed by atoms with Gasteiger partial charge in [-0.3, -0.25) is 4.90 Å². The second kappa shape index (κ2) is 5.22. The Morgan fingerprint density at radius 3 is 2.67 bits per heavy atom. The fourth-order valence-electron chi connectivity index (χ4n) is 2.84. The maximum Gasteiger partial charge on any atom is 0.265 e. The summed E-state index contributed by atoms with van der Waals surface area (Å²) in [5, 5.41) is 7.64. The quantitative estimate of drug-likeness (QED) is 0.866. The van der Waals surface area contributed by atoms with Crippen molar-refractivity contribution in [3.8, 4) is 0 Å². The summed E-state index contributed by atoms with van der Waals surface area (Å²) in [6.45, 7) is 7.19. The second-order valence-electron chi connectivity index (χ2n) is 5.73. The van der Waals surface area contributed by atoms with Crippen molar-refractivity contribution < 1.29 is 13.4 Å². The van der Waals surface area contributed by atoms with Gasteiger partial charge in [-0.25, -0.2) is 4.39 Å². The molecule has 0 aliphatic carbocycles. The molecule has 3 heterocycles. The predicted octanol–water partition coefficient (Wildman–Crippen LogP) is 2.44. The number of halogens is 1. The van der Waals surface area contributed by atoms with Crippen molar-refractivity contribution in [3.63, 3.8) is 0 Å². The molecule has 114 valence electrons. The van der Waals surface area contributed by atoms with Crippen molar-refractivity contribution in [1.29, 1.82) is 0 Å². The third-order valence-electron chi connectivity index (χ3n) is 4.00.